The predicted molar refractivity (Wildman–Crippen MR) is 75.5 cm³/mol. The second-order valence-electron chi connectivity index (χ2n) is 4.47. The van der Waals surface area contributed by atoms with Gasteiger partial charge in [0.15, 0.2) is 5.82 Å². The van der Waals surface area contributed by atoms with Crippen LogP contribution in [0.15, 0.2) is 18.6 Å². The molecule has 0 fully saturated rings. The van der Waals surface area contributed by atoms with Gasteiger partial charge >= 0.3 is 0 Å². The van der Waals surface area contributed by atoms with Crippen LogP contribution in [0.5, 0.6) is 0 Å². The van der Waals surface area contributed by atoms with Crippen LogP contribution >= 0.6 is 22.9 Å². The van der Waals surface area contributed by atoms with Gasteiger partial charge in [0.25, 0.3) is 0 Å². The molecule has 0 aromatic carbocycles. The summed E-state index contributed by atoms with van der Waals surface area (Å²) in [7, 11) is 0. The molecule has 0 atom stereocenters. The molecule has 1 aliphatic carbocycles. The third-order valence-corrected chi connectivity index (χ3v) is 4.77. The van der Waals surface area contributed by atoms with Crippen LogP contribution in [0, 0.1) is 0 Å². The minimum absolute atomic E-state index is 0.532. The highest BCUT2D eigenvalue weighted by Gasteiger charge is 2.22. The van der Waals surface area contributed by atoms with Gasteiger partial charge in [0.1, 0.15) is 15.7 Å². The lowest BCUT2D eigenvalue weighted by Crippen LogP contribution is -1.93. The Labute approximate surface area is 118 Å². The summed E-state index contributed by atoms with van der Waals surface area (Å²) < 4.78 is 0. The zero-order valence-electron chi connectivity index (χ0n) is 9.93. The summed E-state index contributed by atoms with van der Waals surface area (Å²) in [4.78, 5) is 19.6. The molecule has 3 aromatic heterocycles. The highest BCUT2D eigenvalue weighted by atomic mass is 35.5. The molecule has 0 aliphatic heterocycles. The molecule has 4 rings (SSSR count). The first kappa shape index (κ1) is 11.3. The first-order valence-electron chi connectivity index (χ1n) is 6.07. The number of hydrogen-bond donors (Lipinski definition) is 0. The molecule has 3 aromatic rings. The summed E-state index contributed by atoms with van der Waals surface area (Å²) in [6.07, 6.45) is 8.34. The number of thiophene rings is 1. The Morgan fingerprint density at radius 1 is 1.16 bits per heavy atom. The fourth-order valence-corrected chi connectivity index (χ4v) is 4.08. The van der Waals surface area contributed by atoms with Crippen LogP contribution in [0.4, 0.5) is 0 Å². The van der Waals surface area contributed by atoms with Crippen molar-refractivity contribution in [1.29, 1.82) is 0 Å². The van der Waals surface area contributed by atoms with Crippen molar-refractivity contribution in [2.24, 2.45) is 0 Å². The largest absolute Gasteiger partial charge is 0.261 e. The molecule has 94 valence electrons. The lowest BCUT2D eigenvalue weighted by atomic mass is 10.2. The number of rotatable bonds is 1. The SMILES string of the molecule is Clc1nc(-c2cnccn2)nc2sc3c(c12)CCC3. The number of halogens is 1. The second kappa shape index (κ2) is 4.21. The molecule has 6 heteroatoms. The molecule has 0 N–H and O–H groups in total. The topological polar surface area (TPSA) is 51.6 Å². The van der Waals surface area contributed by atoms with Crippen LogP contribution in [-0.4, -0.2) is 19.9 Å². The summed E-state index contributed by atoms with van der Waals surface area (Å²) >= 11 is 8.07. The maximum Gasteiger partial charge on any atom is 0.182 e. The summed E-state index contributed by atoms with van der Waals surface area (Å²) in [6.45, 7) is 0. The van der Waals surface area contributed by atoms with Crippen molar-refractivity contribution in [3.05, 3.63) is 34.2 Å². The molecule has 4 nitrogen and oxygen atoms in total. The number of nitrogens with zero attached hydrogens (tertiary/aromatic N) is 4. The van der Waals surface area contributed by atoms with E-state index in [1.165, 1.54) is 16.9 Å². The normalized spacial score (nSPS) is 13.9. The Morgan fingerprint density at radius 3 is 2.95 bits per heavy atom. The Bertz CT molecular complexity index is 769. The zero-order valence-corrected chi connectivity index (χ0v) is 11.5. The van der Waals surface area contributed by atoms with Crippen LogP contribution in [-0.2, 0) is 12.8 Å². The fourth-order valence-electron chi connectivity index (χ4n) is 2.48. The Kier molecular flexibility index (Phi) is 2.50. The van der Waals surface area contributed by atoms with E-state index in [0.29, 0.717) is 16.7 Å². The predicted octanol–water partition coefficient (Wildman–Crippen LogP) is 3.29. The van der Waals surface area contributed by atoms with Crippen LogP contribution in [0.25, 0.3) is 21.7 Å². The highest BCUT2D eigenvalue weighted by molar-refractivity contribution is 7.19. The average Bonchev–Trinajstić information content (AvgIpc) is 2.99. The van der Waals surface area contributed by atoms with Gasteiger partial charge in [-0.25, -0.2) is 15.0 Å². The molecule has 0 spiro atoms. The van der Waals surface area contributed by atoms with Crippen molar-refractivity contribution in [1.82, 2.24) is 19.9 Å². The van der Waals surface area contributed by atoms with Crippen molar-refractivity contribution >= 4 is 33.2 Å². The first-order chi connectivity index (χ1) is 9.33. The lowest BCUT2D eigenvalue weighted by molar-refractivity contribution is 0.917. The van der Waals surface area contributed by atoms with Crippen LogP contribution < -0.4 is 0 Å². The second-order valence-corrected chi connectivity index (χ2v) is 5.91. The number of fused-ring (bicyclic) bond motifs is 3. The monoisotopic (exact) mass is 288 g/mol. The van der Waals surface area contributed by atoms with Crippen molar-refractivity contribution < 1.29 is 0 Å². The van der Waals surface area contributed by atoms with Gasteiger partial charge in [-0.2, -0.15) is 0 Å². The molecule has 0 unspecified atom stereocenters. The van der Waals surface area contributed by atoms with Gasteiger partial charge in [-0.1, -0.05) is 11.6 Å². The quantitative estimate of drug-likeness (QED) is 0.645. The fraction of sp³-hybridized carbons (Fsp3) is 0.231. The molecular formula is C13H9ClN4S. The Balaban J connectivity index is 1.97. The van der Waals surface area contributed by atoms with E-state index in [9.17, 15) is 0 Å². The third-order valence-electron chi connectivity index (χ3n) is 3.31. The molecule has 1 aliphatic rings. The lowest BCUT2D eigenvalue weighted by Gasteiger charge is -2.01. The molecule has 0 saturated heterocycles. The molecule has 3 heterocycles. The number of aryl methyl sites for hydroxylation is 2. The summed E-state index contributed by atoms with van der Waals surface area (Å²) in [5.74, 6) is 0.547. The van der Waals surface area contributed by atoms with E-state index >= 15 is 0 Å². The Morgan fingerprint density at radius 2 is 2.11 bits per heavy atom. The summed E-state index contributed by atoms with van der Waals surface area (Å²) in [6, 6.07) is 0. The minimum atomic E-state index is 0.532. The zero-order chi connectivity index (χ0) is 12.8. The molecule has 0 amide bonds. The van der Waals surface area contributed by atoms with Gasteiger partial charge in [0.05, 0.1) is 11.6 Å². The standard InChI is InChI=1S/C13H9ClN4S/c14-11-10-7-2-1-3-9(7)19-13(10)18-12(17-11)8-6-15-4-5-16-8/h4-6H,1-3H2. The number of hydrogen-bond acceptors (Lipinski definition) is 5. The van der Waals surface area contributed by atoms with Gasteiger partial charge in [-0.15, -0.1) is 11.3 Å². The van der Waals surface area contributed by atoms with E-state index < -0.39 is 0 Å². The molecular weight excluding hydrogens is 280 g/mol. The highest BCUT2D eigenvalue weighted by Crippen LogP contribution is 2.39. The molecule has 0 saturated carbocycles. The van der Waals surface area contributed by atoms with Gasteiger partial charge in [-0.05, 0) is 24.8 Å². The van der Waals surface area contributed by atoms with Crippen LogP contribution in [0.1, 0.15) is 16.9 Å². The smallest absolute Gasteiger partial charge is 0.182 e. The van der Waals surface area contributed by atoms with E-state index in [4.69, 9.17) is 11.6 Å². The molecule has 0 radical (unpaired) electrons. The van der Waals surface area contributed by atoms with E-state index in [2.05, 4.69) is 19.9 Å². The van der Waals surface area contributed by atoms with Crippen LogP contribution in [0.3, 0.4) is 0 Å². The van der Waals surface area contributed by atoms with E-state index in [1.54, 1.807) is 29.9 Å². The molecule has 0 bridgehead atoms. The van der Waals surface area contributed by atoms with Crippen molar-refractivity contribution in [3.8, 4) is 11.5 Å². The first-order valence-corrected chi connectivity index (χ1v) is 7.26. The van der Waals surface area contributed by atoms with Crippen molar-refractivity contribution in [3.63, 3.8) is 0 Å². The maximum absolute atomic E-state index is 6.34. The van der Waals surface area contributed by atoms with E-state index in [0.717, 1.165) is 23.1 Å². The van der Waals surface area contributed by atoms with Gasteiger partial charge in [-0.3, -0.25) is 4.98 Å². The van der Waals surface area contributed by atoms with Crippen molar-refractivity contribution in [2.45, 2.75) is 19.3 Å². The Hall–Kier alpha value is -1.59. The van der Waals surface area contributed by atoms with Crippen LogP contribution in [0.2, 0.25) is 5.15 Å². The van der Waals surface area contributed by atoms with E-state index in [1.807, 2.05) is 0 Å². The van der Waals surface area contributed by atoms with Gasteiger partial charge in [0.2, 0.25) is 0 Å². The van der Waals surface area contributed by atoms with E-state index in [-0.39, 0.29) is 0 Å². The van der Waals surface area contributed by atoms with Gasteiger partial charge < -0.3 is 0 Å². The third kappa shape index (κ3) is 1.73. The van der Waals surface area contributed by atoms with Crippen molar-refractivity contribution in [2.75, 3.05) is 0 Å². The number of aromatic nitrogens is 4. The minimum Gasteiger partial charge on any atom is -0.261 e. The maximum atomic E-state index is 6.34. The van der Waals surface area contributed by atoms with Gasteiger partial charge in [0, 0.05) is 17.3 Å². The summed E-state index contributed by atoms with van der Waals surface area (Å²) in [5.41, 5.74) is 2.00. The summed E-state index contributed by atoms with van der Waals surface area (Å²) in [5, 5.41) is 1.57. The average molecular weight is 289 g/mol. The molecule has 19 heavy (non-hydrogen) atoms.